The van der Waals surface area contributed by atoms with Gasteiger partial charge in [0.1, 0.15) is 11.6 Å². The minimum absolute atomic E-state index is 0.109. The van der Waals surface area contributed by atoms with Crippen LogP contribution in [-0.4, -0.2) is 4.98 Å². The lowest BCUT2D eigenvalue weighted by molar-refractivity contribution is 0.543. The first-order valence-electron chi connectivity index (χ1n) is 5.21. The molecule has 88 valence electrons. The van der Waals surface area contributed by atoms with Crippen molar-refractivity contribution in [3.8, 4) is 0 Å². The second-order valence-electron chi connectivity index (χ2n) is 3.85. The van der Waals surface area contributed by atoms with E-state index in [-0.39, 0.29) is 5.56 Å². The number of nitrogens with zero attached hydrogens (tertiary/aromatic N) is 1. The Morgan fingerprint density at radius 1 is 1.18 bits per heavy atom. The largest absolute Gasteiger partial charge is 0.320 e. The molecule has 1 heterocycles. The third-order valence-corrected chi connectivity index (χ3v) is 2.71. The summed E-state index contributed by atoms with van der Waals surface area (Å²) < 4.78 is 27.2. The maximum atomic E-state index is 13.6. The third-order valence-electron chi connectivity index (χ3n) is 2.71. The molecule has 1 unspecified atom stereocenters. The second-order valence-corrected chi connectivity index (χ2v) is 3.85. The van der Waals surface area contributed by atoms with Gasteiger partial charge in [0.2, 0.25) is 0 Å². The fraction of sp³-hybridized carbons (Fsp3) is 0.154. The molecule has 2 nitrogen and oxygen atoms in total. The van der Waals surface area contributed by atoms with Crippen LogP contribution in [0, 0.1) is 18.6 Å². The fourth-order valence-electron chi connectivity index (χ4n) is 1.80. The van der Waals surface area contributed by atoms with E-state index in [1.165, 1.54) is 18.2 Å². The summed E-state index contributed by atoms with van der Waals surface area (Å²) in [4.78, 5) is 3.92. The quantitative estimate of drug-likeness (QED) is 0.867. The van der Waals surface area contributed by atoms with E-state index in [0.29, 0.717) is 5.56 Å². The first-order valence-corrected chi connectivity index (χ1v) is 5.21. The summed E-state index contributed by atoms with van der Waals surface area (Å²) in [7, 11) is 0. The lowest BCUT2D eigenvalue weighted by atomic mass is 9.96. The highest BCUT2D eigenvalue weighted by molar-refractivity contribution is 5.36. The van der Waals surface area contributed by atoms with Crippen LogP contribution in [0.1, 0.15) is 22.7 Å². The van der Waals surface area contributed by atoms with E-state index in [1.54, 1.807) is 25.4 Å². The highest BCUT2D eigenvalue weighted by Crippen LogP contribution is 2.26. The molecule has 2 aromatic rings. The first-order chi connectivity index (χ1) is 8.11. The molecule has 4 heteroatoms. The summed E-state index contributed by atoms with van der Waals surface area (Å²) in [6, 6.07) is 4.58. The van der Waals surface area contributed by atoms with Gasteiger partial charge >= 0.3 is 0 Å². The number of hydrogen-bond acceptors (Lipinski definition) is 2. The molecule has 1 aromatic heterocycles. The average Bonchev–Trinajstić information content (AvgIpc) is 2.29. The van der Waals surface area contributed by atoms with Gasteiger partial charge in [-0.2, -0.15) is 0 Å². The Bertz CT molecular complexity index is 520. The van der Waals surface area contributed by atoms with E-state index in [4.69, 9.17) is 5.73 Å². The van der Waals surface area contributed by atoms with Crippen LogP contribution in [0.15, 0.2) is 36.7 Å². The Labute approximate surface area is 98.1 Å². The molecule has 2 rings (SSSR count). The van der Waals surface area contributed by atoms with Gasteiger partial charge in [0.05, 0.1) is 6.04 Å². The van der Waals surface area contributed by atoms with Crippen LogP contribution in [0.5, 0.6) is 0 Å². The second kappa shape index (κ2) is 4.59. The Kier molecular flexibility index (Phi) is 3.15. The molecule has 17 heavy (non-hydrogen) atoms. The fourth-order valence-corrected chi connectivity index (χ4v) is 1.80. The highest BCUT2D eigenvalue weighted by atomic mass is 19.1. The van der Waals surface area contributed by atoms with Crippen LogP contribution >= 0.6 is 0 Å². The molecule has 0 amide bonds. The normalized spacial score (nSPS) is 12.5. The predicted octanol–water partition coefficient (Wildman–Crippen LogP) is 2.72. The van der Waals surface area contributed by atoms with E-state index in [2.05, 4.69) is 4.98 Å². The van der Waals surface area contributed by atoms with Gasteiger partial charge < -0.3 is 5.73 Å². The molecule has 0 radical (unpaired) electrons. The zero-order valence-corrected chi connectivity index (χ0v) is 9.32. The molecule has 0 saturated carbocycles. The standard InChI is InChI=1S/C13H12F2N2/c1-8-7-17-6-5-9(8)13(16)12-10(14)3-2-4-11(12)15/h2-7,13H,16H2,1H3. The molecule has 1 atom stereocenters. The van der Waals surface area contributed by atoms with Crippen LogP contribution in [0.3, 0.4) is 0 Å². The van der Waals surface area contributed by atoms with Crippen molar-refractivity contribution >= 4 is 0 Å². The van der Waals surface area contributed by atoms with Gasteiger partial charge in [-0.05, 0) is 36.2 Å². The van der Waals surface area contributed by atoms with Crippen molar-refractivity contribution in [2.24, 2.45) is 5.73 Å². The lowest BCUT2D eigenvalue weighted by Gasteiger charge is -2.16. The third kappa shape index (κ3) is 2.17. The van der Waals surface area contributed by atoms with Gasteiger partial charge in [-0.3, -0.25) is 4.98 Å². The molecular formula is C13H12F2N2. The van der Waals surface area contributed by atoms with Crippen molar-refractivity contribution in [2.45, 2.75) is 13.0 Å². The average molecular weight is 234 g/mol. The van der Waals surface area contributed by atoms with Crippen molar-refractivity contribution in [2.75, 3.05) is 0 Å². The number of aryl methyl sites for hydroxylation is 1. The van der Waals surface area contributed by atoms with E-state index in [1.807, 2.05) is 0 Å². The van der Waals surface area contributed by atoms with Crippen LogP contribution in [0.25, 0.3) is 0 Å². The zero-order chi connectivity index (χ0) is 12.4. The summed E-state index contributed by atoms with van der Waals surface area (Å²) in [6.07, 6.45) is 3.18. The molecule has 0 aliphatic carbocycles. The van der Waals surface area contributed by atoms with E-state index >= 15 is 0 Å². The molecule has 0 aliphatic heterocycles. The van der Waals surface area contributed by atoms with Crippen molar-refractivity contribution < 1.29 is 8.78 Å². The number of rotatable bonds is 2. The molecule has 2 N–H and O–H groups in total. The van der Waals surface area contributed by atoms with Crippen LogP contribution < -0.4 is 5.73 Å². The predicted molar refractivity (Wildman–Crippen MR) is 61.4 cm³/mol. The number of pyridine rings is 1. The lowest BCUT2D eigenvalue weighted by Crippen LogP contribution is -2.16. The molecular weight excluding hydrogens is 222 g/mol. The minimum Gasteiger partial charge on any atom is -0.320 e. The highest BCUT2D eigenvalue weighted by Gasteiger charge is 2.19. The van der Waals surface area contributed by atoms with E-state index in [9.17, 15) is 8.78 Å². The van der Waals surface area contributed by atoms with Crippen molar-refractivity contribution in [3.63, 3.8) is 0 Å². The Morgan fingerprint density at radius 2 is 1.82 bits per heavy atom. The van der Waals surface area contributed by atoms with Crippen molar-refractivity contribution in [1.82, 2.24) is 4.98 Å². The Balaban J connectivity index is 2.51. The van der Waals surface area contributed by atoms with Gasteiger partial charge in [-0.15, -0.1) is 0 Å². The van der Waals surface area contributed by atoms with Crippen LogP contribution in [0.4, 0.5) is 8.78 Å². The van der Waals surface area contributed by atoms with Gasteiger partial charge in [0.15, 0.2) is 0 Å². The molecule has 0 aliphatic rings. The maximum absolute atomic E-state index is 13.6. The zero-order valence-electron chi connectivity index (χ0n) is 9.32. The summed E-state index contributed by atoms with van der Waals surface area (Å²) in [5.41, 5.74) is 7.28. The summed E-state index contributed by atoms with van der Waals surface area (Å²) >= 11 is 0. The van der Waals surface area contributed by atoms with Gasteiger partial charge in [-0.1, -0.05) is 6.07 Å². The van der Waals surface area contributed by atoms with Gasteiger partial charge in [0.25, 0.3) is 0 Å². The van der Waals surface area contributed by atoms with Gasteiger partial charge in [0, 0.05) is 18.0 Å². The van der Waals surface area contributed by atoms with Crippen molar-refractivity contribution in [1.29, 1.82) is 0 Å². The monoisotopic (exact) mass is 234 g/mol. The SMILES string of the molecule is Cc1cnccc1C(N)c1c(F)cccc1F. The molecule has 0 spiro atoms. The molecule has 0 fully saturated rings. The van der Waals surface area contributed by atoms with Crippen LogP contribution in [0.2, 0.25) is 0 Å². The molecule has 0 saturated heterocycles. The maximum Gasteiger partial charge on any atom is 0.131 e. The van der Waals surface area contributed by atoms with Crippen molar-refractivity contribution in [3.05, 3.63) is 65.0 Å². The summed E-state index contributed by atoms with van der Waals surface area (Å²) in [6.45, 7) is 1.81. The minimum atomic E-state index is -0.820. The van der Waals surface area contributed by atoms with E-state index < -0.39 is 17.7 Å². The number of benzene rings is 1. The smallest absolute Gasteiger partial charge is 0.131 e. The summed E-state index contributed by atoms with van der Waals surface area (Å²) in [5.74, 6) is -1.26. The number of aromatic nitrogens is 1. The Morgan fingerprint density at radius 3 is 2.41 bits per heavy atom. The van der Waals surface area contributed by atoms with Gasteiger partial charge in [-0.25, -0.2) is 8.78 Å². The topological polar surface area (TPSA) is 38.9 Å². The summed E-state index contributed by atoms with van der Waals surface area (Å²) in [5, 5.41) is 0. The van der Waals surface area contributed by atoms with E-state index in [0.717, 1.165) is 5.56 Å². The van der Waals surface area contributed by atoms with Crippen LogP contribution in [-0.2, 0) is 0 Å². The molecule has 0 bridgehead atoms. The number of halogens is 2. The Hall–Kier alpha value is -1.81. The number of nitrogens with two attached hydrogens (primary N) is 1. The molecule has 1 aromatic carbocycles. The number of hydrogen-bond donors (Lipinski definition) is 1. The first kappa shape index (κ1) is 11.7.